The van der Waals surface area contributed by atoms with Gasteiger partial charge in [-0.25, -0.2) is 0 Å². The monoisotopic (exact) mass is 354 g/mol. The number of carbonyl (C=O) groups is 2. The van der Waals surface area contributed by atoms with Crippen molar-refractivity contribution in [3.05, 3.63) is 53.6 Å². The summed E-state index contributed by atoms with van der Waals surface area (Å²) >= 11 is 0. The zero-order chi connectivity index (χ0) is 18.6. The van der Waals surface area contributed by atoms with Gasteiger partial charge < -0.3 is 9.47 Å². The van der Waals surface area contributed by atoms with Crippen molar-refractivity contribution in [2.45, 2.75) is 33.1 Å². The Kier molecular flexibility index (Phi) is 5.60. The zero-order valence-corrected chi connectivity index (χ0v) is 15.4. The predicted octanol–water partition coefficient (Wildman–Crippen LogP) is 4.17. The summed E-state index contributed by atoms with van der Waals surface area (Å²) in [6, 6.07) is 10.2. The van der Waals surface area contributed by atoms with E-state index in [1.165, 1.54) is 5.57 Å². The van der Waals surface area contributed by atoms with Crippen LogP contribution in [0.4, 0.5) is 0 Å². The third-order valence-corrected chi connectivity index (χ3v) is 5.37. The van der Waals surface area contributed by atoms with Gasteiger partial charge in [0.1, 0.15) is 0 Å². The first-order valence-electron chi connectivity index (χ1n) is 9.37. The van der Waals surface area contributed by atoms with Gasteiger partial charge in [0.05, 0.1) is 13.2 Å². The van der Waals surface area contributed by atoms with Gasteiger partial charge in [0.15, 0.2) is 5.41 Å². The number of benzene rings is 1. The Bertz CT molecular complexity index is 699. The van der Waals surface area contributed by atoms with E-state index in [1.807, 2.05) is 18.2 Å². The van der Waals surface area contributed by atoms with Crippen molar-refractivity contribution in [3.8, 4) is 0 Å². The lowest BCUT2D eigenvalue weighted by Crippen LogP contribution is -2.40. The molecule has 1 fully saturated rings. The highest BCUT2D eigenvalue weighted by Gasteiger charge is 2.57. The maximum atomic E-state index is 12.7. The van der Waals surface area contributed by atoms with Gasteiger partial charge in [-0.05, 0) is 50.5 Å². The van der Waals surface area contributed by atoms with Gasteiger partial charge in [-0.2, -0.15) is 0 Å². The number of hydrogen-bond acceptors (Lipinski definition) is 4. The SMILES string of the molecule is CCOC(=O)C1(C(=O)OCC)C[C@@H]2/C(=C\c3ccccc3)CC=C[C@H]2C1. The summed E-state index contributed by atoms with van der Waals surface area (Å²) in [6.45, 7) is 4.05. The van der Waals surface area contributed by atoms with Crippen molar-refractivity contribution >= 4 is 18.0 Å². The second kappa shape index (κ2) is 7.90. The molecule has 1 saturated carbocycles. The fraction of sp³-hybridized carbons (Fsp3) is 0.455. The Morgan fingerprint density at radius 1 is 1.08 bits per heavy atom. The molecule has 0 N–H and O–H groups in total. The normalized spacial score (nSPS) is 24.9. The first-order valence-corrected chi connectivity index (χ1v) is 9.37. The third-order valence-electron chi connectivity index (χ3n) is 5.37. The molecule has 2 aliphatic rings. The number of ether oxygens (including phenoxy) is 2. The topological polar surface area (TPSA) is 52.6 Å². The molecular weight excluding hydrogens is 328 g/mol. The number of allylic oxidation sites excluding steroid dienone is 3. The first-order chi connectivity index (χ1) is 12.6. The van der Waals surface area contributed by atoms with E-state index in [-0.39, 0.29) is 25.0 Å². The highest BCUT2D eigenvalue weighted by Crippen LogP contribution is 2.53. The lowest BCUT2D eigenvalue weighted by molar-refractivity contribution is -0.171. The number of esters is 2. The summed E-state index contributed by atoms with van der Waals surface area (Å²) in [6.07, 6.45) is 8.23. The van der Waals surface area contributed by atoms with E-state index in [4.69, 9.17) is 9.47 Å². The molecule has 0 aliphatic heterocycles. The molecule has 2 aliphatic carbocycles. The van der Waals surface area contributed by atoms with Gasteiger partial charge in [0.25, 0.3) is 0 Å². The number of carbonyl (C=O) groups excluding carboxylic acids is 2. The highest BCUT2D eigenvalue weighted by molar-refractivity contribution is 6.00. The largest absolute Gasteiger partial charge is 0.465 e. The molecule has 2 atom stereocenters. The van der Waals surface area contributed by atoms with E-state index >= 15 is 0 Å². The minimum absolute atomic E-state index is 0.160. The Labute approximate surface area is 154 Å². The standard InChI is InChI=1S/C22H26O4/c1-3-25-20(23)22(21(24)26-4-2)14-18-12-8-11-17(19(18)15-22)13-16-9-6-5-7-10-16/h5-10,12-13,18-19H,3-4,11,14-15H2,1-2H3/b17-13-/t18-,19+/m0/s1. The smallest absolute Gasteiger partial charge is 0.323 e. The maximum absolute atomic E-state index is 12.7. The van der Waals surface area contributed by atoms with Crippen LogP contribution in [0, 0.1) is 17.3 Å². The van der Waals surface area contributed by atoms with Crippen LogP contribution >= 0.6 is 0 Å². The van der Waals surface area contributed by atoms with E-state index in [9.17, 15) is 9.59 Å². The van der Waals surface area contributed by atoms with E-state index in [1.54, 1.807) is 13.8 Å². The predicted molar refractivity (Wildman–Crippen MR) is 100 cm³/mol. The second-order valence-corrected chi connectivity index (χ2v) is 6.96. The van der Waals surface area contributed by atoms with Gasteiger partial charge in [0.2, 0.25) is 0 Å². The van der Waals surface area contributed by atoms with E-state index in [0.29, 0.717) is 12.8 Å². The van der Waals surface area contributed by atoms with Crippen LogP contribution in [0.5, 0.6) is 0 Å². The number of hydrogen-bond donors (Lipinski definition) is 0. The molecule has 0 unspecified atom stereocenters. The van der Waals surface area contributed by atoms with Crippen molar-refractivity contribution in [1.29, 1.82) is 0 Å². The quantitative estimate of drug-likeness (QED) is 0.452. The van der Waals surface area contributed by atoms with Crippen LogP contribution in [0.3, 0.4) is 0 Å². The van der Waals surface area contributed by atoms with Gasteiger partial charge in [0, 0.05) is 0 Å². The van der Waals surface area contributed by atoms with Crippen LogP contribution in [0.1, 0.15) is 38.7 Å². The fourth-order valence-corrected chi connectivity index (χ4v) is 4.18. The summed E-state index contributed by atoms with van der Waals surface area (Å²) in [5, 5.41) is 0. The molecule has 1 aromatic rings. The first kappa shape index (κ1) is 18.4. The molecule has 0 spiro atoms. The zero-order valence-electron chi connectivity index (χ0n) is 15.4. The van der Waals surface area contributed by atoms with Crippen LogP contribution in [-0.2, 0) is 19.1 Å². The Hall–Kier alpha value is -2.36. The lowest BCUT2D eigenvalue weighted by atomic mass is 9.81. The van der Waals surface area contributed by atoms with E-state index in [0.717, 1.165) is 12.0 Å². The van der Waals surface area contributed by atoms with Crippen LogP contribution in [0.2, 0.25) is 0 Å². The van der Waals surface area contributed by atoms with Crippen molar-refractivity contribution in [2.75, 3.05) is 13.2 Å². The minimum atomic E-state index is -1.19. The molecule has 1 aromatic carbocycles. The molecule has 0 heterocycles. The molecule has 0 amide bonds. The van der Waals surface area contributed by atoms with Crippen molar-refractivity contribution in [3.63, 3.8) is 0 Å². The van der Waals surface area contributed by atoms with Gasteiger partial charge >= 0.3 is 11.9 Å². The molecule has 138 valence electrons. The minimum Gasteiger partial charge on any atom is -0.465 e. The summed E-state index contributed by atoms with van der Waals surface area (Å²) in [4.78, 5) is 25.5. The number of rotatable bonds is 5. The molecule has 26 heavy (non-hydrogen) atoms. The molecule has 4 nitrogen and oxygen atoms in total. The van der Waals surface area contributed by atoms with Crippen LogP contribution in [0.15, 0.2) is 48.1 Å². The fourth-order valence-electron chi connectivity index (χ4n) is 4.18. The van der Waals surface area contributed by atoms with Crippen molar-refractivity contribution in [2.24, 2.45) is 17.3 Å². The molecule has 3 rings (SSSR count). The summed E-state index contributed by atoms with van der Waals surface area (Å²) < 4.78 is 10.5. The number of fused-ring (bicyclic) bond motifs is 1. The third kappa shape index (κ3) is 3.46. The maximum Gasteiger partial charge on any atom is 0.323 e. The lowest BCUT2D eigenvalue weighted by Gasteiger charge is -2.25. The molecule has 0 radical (unpaired) electrons. The highest BCUT2D eigenvalue weighted by atomic mass is 16.6. The van der Waals surface area contributed by atoms with Gasteiger partial charge in [-0.3, -0.25) is 9.59 Å². The Morgan fingerprint density at radius 3 is 2.35 bits per heavy atom. The molecule has 0 aromatic heterocycles. The van der Waals surface area contributed by atoms with Crippen LogP contribution in [0.25, 0.3) is 6.08 Å². The van der Waals surface area contributed by atoms with Crippen LogP contribution in [-0.4, -0.2) is 25.2 Å². The van der Waals surface area contributed by atoms with Crippen molar-refractivity contribution < 1.29 is 19.1 Å². The van der Waals surface area contributed by atoms with Crippen LogP contribution < -0.4 is 0 Å². The van der Waals surface area contributed by atoms with Gasteiger partial charge in [-0.15, -0.1) is 0 Å². The molecule has 0 saturated heterocycles. The van der Waals surface area contributed by atoms with E-state index in [2.05, 4.69) is 30.4 Å². The second-order valence-electron chi connectivity index (χ2n) is 6.96. The van der Waals surface area contributed by atoms with Crippen molar-refractivity contribution in [1.82, 2.24) is 0 Å². The summed E-state index contributed by atoms with van der Waals surface area (Å²) in [5.41, 5.74) is 1.21. The average Bonchev–Trinajstić information content (AvgIpc) is 3.05. The molecular formula is C22H26O4. The van der Waals surface area contributed by atoms with E-state index < -0.39 is 17.4 Å². The molecule has 0 bridgehead atoms. The Morgan fingerprint density at radius 2 is 1.73 bits per heavy atom. The average molecular weight is 354 g/mol. The molecule has 4 heteroatoms. The Balaban J connectivity index is 1.93. The van der Waals surface area contributed by atoms with Gasteiger partial charge in [-0.1, -0.05) is 54.1 Å². The summed E-state index contributed by atoms with van der Waals surface area (Å²) in [7, 11) is 0. The summed E-state index contributed by atoms with van der Waals surface area (Å²) in [5.74, 6) is -0.567.